The van der Waals surface area contributed by atoms with E-state index < -0.39 is 28.2 Å². The molecule has 108 valence electrons. The number of carbonyl (C=O) groups is 2. The lowest BCUT2D eigenvalue weighted by atomic mass is 9.66. The average Bonchev–Trinajstić information content (AvgIpc) is 2.37. The quantitative estimate of drug-likeness (QED) is 0.592. The van der Waals surface area contributed by atoms with Gasteiger partial charge in [-0.05, 0) is 43.9 Å². The van der Waals surface area contributed by atoms with Crippen LogP contribution in [0.15, 0.2) is 0 Å². The Kier molecular flexibility index (Phi) is 4.57. The zero-order valence-corrected chi connectivity index (χ0v) is 11.3. The van der Waals surface area contributed by atoms with Crippen LogP contribution in [0.2, 0.25) is 0 Å². The van der Waals surface area contributed by atoms with Gasteiger partial charge in [-0.2, -0.15) is 0 Å². The first-order chi connectivity index (χ1) is 9.02. The van der Waals surface area contributed by atoms with Crippen LogP contribution in [0.5, 0.6) is 0 Å². The molecule has 0 aromatic carbocycles. The molecule has 2 rings (SSSR count). The molecule has 0 radical (unpaired) electrons. The van der Waals surface area contributed by atoms with Crippen molar-refractivity contribution in [3.63, 3.8) is 0 Å². The number of fused-ring (bicyclic) bond motifs is 1. The molecule has 2 aliphatic rings. The van der Waals surface area contributed by atoms with Crippen LogP contribution in [0.4, 0.5) is 0 Å². The standard InChI is InChI=1S/C12H18O6S/c13-6-18-9-2-1-7-5-11(19(16)17)10(12(14)15)4-8(7)3-9/h6-11H,1-5H2,(H,14,15)(H,16,17). The molecule has 6 nitrogen and oxygen atoms in total. The van der Waals surface area contributed by atoms with Crippen molar-refractivity contribution >= 4 is 23.5 Å². The number of aliphatic carboxylic acids is 1. The fourth-order valence-corrected chi connectivity index (χ4v) is 4.43. The van der Waals surface area contributed by atoms with Crippen molar-refractivity contribution in [3.8, 4) is 0 Å². The van der Waals surface area contributed by atoms with E-state index in [2.05, 4.69) is 0 Å². The normalized spacial score (nSPS) is 39.9. The minimum Gasteiger partial charge on any atom is -0.481 e. The van der Waals surface area contributed by atoms with Crippen molar-refractivity contribution in [1.29, 1.82) is 0 Å². The number of rotatable bonds is 4. The van der Waals surface area contributed by atoms with Crippen LogP contribution in [0, 0.1) is 17.8 Å². The van der Waals surface area contributed by atoms with Crippen molar-refractivity contribution in [1.82, 2.24) is 0 Å². The number of hydrogen-bond donors (Lipinski definition) is 2. The Hall–Kier alpha value is -0.950. The molecule has 7 heteroatoms. The van der Waals surface area contributed by atoms with Gasteiger partial charge >= 0.3 is 5.97 Å². The van der Waals surface area contributed by atoms with Crippen molar-refractivity contribution in [2.24, 2.45) is 17.8 Å². The molecule has 2 N–H and O–H groups in total. The number of carbonyl (C=O) groups excluding carboxylic acids is 1. The van der Waals surface area contributed by atoms with Gasteiger partial charge in [0.2, 0.25) is 0 Å². The Labute approximate surface area is 113 Å². The third-order valence-electron chi connectivity index (χ3n) is 4.46. The van der Waals surface area contributed by atoms with Crippen molar-refractivity contribution < 1.29 is 28.2 Å². The highest BCUT2D eigenvalue weighted by Gasteiger charge is 2.45. The van der Waals surface area contributed by atoms with Gasteiger partial charge in [0.25, 0.3) is 6.47 Å². The molecular weight excluding hydrogens is 272 g/mol. The number of hydrogen-bond acceptors (Lipinski definition) is 4. The molecular formula is C12H18O6S. The third-order valence-corrected chi connectivity index (χ3v) is 5.50. The van der Waals surface area contributed by atoms with Crippen LogP contribution in [-0.4, -0.2) is 37.7 Å². The van der Waals surface area contributed by atoms with E-state index in [-0.39, 0.29) is 17.9 Å². The smallest absolute Gasteiger partial charge is 0.307 e. The first-order valence-corrected chi connectivity index (χ1v) is 7.61. The second-order valence-corrected chi connectivity index (χ2v) is 6.58. The van der Waals surface area contributed by atoms with E-state index in [4.69, 9.17) is 4.74 Å². The molecule has 0 heterocycles. The number of carboxylic acid groups (broad SMARTS) is 1. The summed E-state index contributed by atoms with van der Waals surface area (Å²) in [5.41, 5.74) is 0. The van der Waals surface area contributed by atoms with Crippen LogP contribution in [-0.2, 0) is 25.4 Å². The highest BCUT2D eigenvalue weighted by atomic mass is 32.2. The van der Waals surface area contributed by atoms with Gasteiger partial charge in [0.15, 0.2) is 11.1 Å². The number of ether oxygens (including phenoxy) is 1. The van der Waals surface area contributed by atoms with Crippen molar-refractivity contribution in [2.45, 2.75) is 43.5 Å². The first-order valence-electron chi connectivity index (χ1n) is 6.44. The van der Waals surface area contributed by atoms with Crippen LogP contribution in [0.1, 0.15) is 32.1 Å². The van der Waals surface area contributed by atoms with E-state index in [1.165, 1.54) is 0 Å². The summed E-state index contributed by atoms with van der Waals surface area (Å²) in [4.78, 5) is 21.6. The zero-order chi connectivity index (χ0) is 14.0. The summed E-state index contributed by atoms with van der Waals surface area (Å²) in [6.07, 6.45) is 2.97. The predicted octanol–water partition coefficient (Wildman–Crippen LogP) is 1.03. The molecule has 0 spiro atoms. The Balaban J connectivity index is 2.07. The molecule has 0 aromatic heterocycles. The average molecular weight is 290 g/mol. The van der Waals surface area contributed by atoms with Crippen molar-refractivity contribution in [3.05, 3.63) is 0 Å². The summed E-state index contributed by atoms with van der Waals surface area (Å²) in [6, 6.07) is 0. The summed E-state index contributed by atoms with van der Waals surface area (Å²) in [7, 11) is 0. The van der Waals surface area contributed by atoms with Gasteiger partial charge in [-0.3, -0.25) is 9.59 Å². The molecule has 0 aromatic rings. The van der Waals surface area contributed by atoms with Gasteiger partial charge in [-0.25, -0.2) is 4.21 Å². The summed E-state index contributed by atoms with van der Waals surface area (Å²) < 4.78 is 25.5. The predicted molar refractivity (Wildman–Crippen MR) is 66.7 cm³/mol. The Morgan fingerprint density at radius 1 is 1.21 bits per heavy atom. The van der Waals surface area contributed by atoms with E-state index in [1.54, 1.807) is 0 Å². The maximum absolute atomic E-state index is 11.3. The third kappa shape index (κ3) is 3.14. The lowest BCUT2D eigenvalue weighted by Gasteiger charge is -2.42. The van der Waals surface area contributed by atoms with Crippen LogP contribution < -0.4 is 0 Å². The Morgan fingerprint density at radius 3 is 2.53 bits per heavy atom. The minimum atomic E-state index is -2.10. The van der Waals surface area contributed by atoms with Crippen LogP contribution >= 0.6 is 0 Å². The molecule has 0 amide bonds. The maximum atomic E-state index is 11.3. The van der Waals surface area contributed by atoms with E-state index >= 15 is 0 Å². The summed E-state index contributed by atoms with van der Waals surface area (Å²) in [6.45, 7) is 0.439. The van der Waals surface area contributed by atoms with Gasteiger partial charge in [0.1, 0.15) is 6.10 Å². The van der Waals surface area contributed by atoms with E-state index in [0.29, 0.717) is 25.7 Å². The highest BCUT2D eigenvalue weighted by molar-refractivity contribution is 7.79. The zero-order valence-electron chi connectivity index (χ0n) is 10.4. The molecule has 2 aliphatic carbocycles. The number of carboxylic acids is 1. The Bertz CT molecular complexity index is 384. The minimum absolute atomic E-state index is 0.135. The van der Waals surface area contributed by atoms with Gasteiger partial charge in [-0.1, -0.05) is 0 Å². The molecule has 0 aliphatic heterocycles. The summed E-state index contributed by atoms with van der Waals surface area (Å²) >= 11 is -2.10. The SMILES string of the molecule is O=COC1CCC2CC(S(=O)O)C(C(=O)O)CC2C1. The van der Waals surface area contributed by atoms with E-state index in [0.717, 1.165) is 12.8 Å². The highest BCUT2D eigenvalue weighted by Crippen LogP contribution is 2.44. The molecule has 0 bridgehead atoms. The topological polar surface area (TPSA) is 101 Å². The van der Waals surface area contributed by atoms with Gasteiger partial charge in [0, 0.05) is 0 Å². The van der Waals surface area contributed by atoms with Crippen LogP contribution in [0.3, 0.4) is 0 Å². The molecule has 2 fully saturated rings. The maximum Gasteiger partial charge on any atom is 0.307 e. The monoisotopic (exact) mass is 290 g/mol. The van der Waals surface area contributed by atoms with Gasteiger partial charge in [0.05, 0.1) is 11.2 Å². The largest absolute Gasteiger partial charge is 0.481 e. The summed E-state index contributed by atoms with van der Waals surface area (Å²) in [5.74, 6) is -1.35. The van der Waals surface area contributed by atoms with E-state index in [1.807, 2.05) is 0 Å². The second-order valence-electron chi connectivity index (χ2n) is 5.42. The Morgan fingerprint density at radius 2 is 1.95 bits per heavy atom. The van der Waals surface area contributed by atoms with Crippen molar-refractivity contribution in [2.75, 3.05) is 0 Å². The lowest BCUT2D eigenvalue weighted by molar-refractivity contribution is -0.146. The molecule has 19 heavy (non-hydrogen) atoms. The molecule has 2 saturated carbocycles. The van der Waals surface area contributed by atoms with E-state index in [9.17, 15) is 23.5 Å². The lowest BCUT2D eigenvalue weighted by Crippen LogP contribution is -2.44. The first kappa shape index (κ1) is 14.5. The summed E-state index contributed by atoms with van der Waals surface area (Å²) in [5, 5.41) is 8.51. The van der Waals surface area contributed by atoms with Crippen LogP contribution in [0.25, 0.3) is 0 Å². The fourth-order valence-electron chi connectivity index (χ4n) is 3.51. The second kappa shape index (κ2) is 6.00. The van der Waals surface area contributed by atoms with Gasteiger partial charge < -0.3 is 14.4 Å². The van der Waals surface area contributed by atoms with Gasteiger partial charge in [-0.15, -0.1) is 0 Å². The molecule has 0 saturated heterocycles. The molecule has 6 unspecified atom stereocenters. The fraction of sp³-hybridized carbons (Fsp3) is 0.833. The molecule has 6 atom stereocenters.